The summed E-state index contributed by atoms with van der Waals surface area (Å²) in [5.74, 6) is 0. The monoisotopic (exact) mass is 174 g/mol. The van der Waals surface area contributed by atoms with Gasteiger partial charge in [0.05, 0.1) is 19.8 Å². The second-order valence-electron chi connectivity index (χ2n) is 3.79. The van der Waals surface area contributed by atoms with Gasteiger partial charge in [-0.05, 0) is 12.8 Å². The van der Waals surface area contributed by atoms with Gasteiger partial charge in [0.25, 0.3) is 0 Å². The zero-order valence-electron chi connectivity index (χ0n) is 7.71. The first kappa shape index (κ1) is 9.96. The van der Waals surface area contributed by atoms with Crippen LogP contribution in [0.15, 0.2) is 0 Å². The zero-order valence-corrected chi connectivity index (χ0v) is 7.71. The van der Waals surface area contributed by atoms with Crippen LogP contribution in [0.2, 0.25) is 0 Å². The minimum absolute atomic E-state index is 0.263. The van der Waals surface area contributed by atoms with Gasteiger partial charge in [-0.25, -0.2) is 0 Å². The van der Waals surface area contributed by atoms with Crippen molar-refractivity contribution in [3.63, 3.8) is 0 Å². The van der Waals surface area contributed by atoms with E-state index in [1.807, 2.05) is 0 Å². The molecule has 0 aliphatic carbocycles. The Morgan fingerprint density at radius 2 is 2.17 bits per heavy atom. The molecule has 0 bridgehead atoms. The standard InChI is InChI=1S/C9H18O3/c1-9(7-12-8-9)6-11-5-3-2-4-10/h10H,2-8H2,1H3. The lowest BCUT2D eigenvalue weighted by Gasteiger charge is -2.37. The van der Waals surface area contributed by atoms with Gasteiger partial charge < -0.3 is 14.6 Å². The molecular formula is C9H18O3. The van der Waals surface area contributed by atoms with Gasteiger partial charge in [-0.2, -0.15) is 0 Å². The summed E-state index contributed by atoms with van der Waals surface area (Å²) >= 11 is 0. The van der Waals surface area contributed by atoms with E-state index in [9.17, 15) is 0 Å². The maximum Gasteiger partial charge on any atom is 0.0564 e. The third kappa shape index (κ3) is 3.09. The summed E-state index contributed by atoms with van der Waals surface area (Å²) in [5, 5.41) is 8.51. The van der Waals surface area contributed by atoms with Crippen LogP contribution in [0, 0.1) is 5.41 Å². The number of rotatable bonds is 6. The highest BCUT2D eigenvalue weighted by molar-refractivity contribution is 4.79. The van der Waals surface area contributed by atoms with E-state index in [-0.39, 0.29) is 12.0 Å². The molecule has 1 rings (SSSR count). The molecular weight excluding hydrogens is 156 g/mol. The molecule has 0 radical (unpaired) electrons. The fourth-order valence-electron chi connectivity index (χ4n) is 1.17. The Kier molecular flexibility index (Phi) is 3.98. The quantitative estimate of drug-likeness (QED) is 0.606. The van der Waals surface area contributed by atoms with Crippen molar-refractivity contribution in [2.24, 2.45) is 5.41 Å². The van der Waals surface area contributed by atoms with Crippen molar-refractivity contribution in [2.45, 2.75) is 19.8 Å². The highest BCUT2D eigenvalue weighted by Crippen LogP contribution is 2.26. The first-order valence-electron chi connectivity index (χ1n) is 4.53. The molecule has 1 aliphatic rings. The molecule has 0 aromatic rings. The Labute approximate surface area is 73.7 Å². The van der Waals surface area contributed by atoms with Gasteiger partial charge >= 0.3 is 0 Å². The Bertz CT molecular complexity index is 121. The molecule has 3 heteroatoms. The fourth-order valence-corrected chi connectivity index (χ4v) is 1.17. The molecule has 12 heavy (non-hydrogen) atoms. The van der Waals surface area contributed by atoms with Gasteiger partial charge in [-0.1, -0.05) is 6.92 Å². The highest BCUT2D eigenvalue weighted by atomic mass is 16.5. The lowest BCUT2D eigenvalue weighted by molar-refractivity contribution is -0.138. The van der Waals surface area contributed by atoms with Crippen LogP contribution in [-0.4, -0.2) is 38.1 Å². The minimum atomic E-state index is 0.263. The van der Waals surface area contributed by atoms with Crippen LogP contribution in [0.1, 0.15) is 19.8 Å². The largest absolute Gasteiger partial charge is 0.396 e. The van der Waals surface area contributed by atoms with Crippen molar-refractivity contribution in [1.82, 2.24) is 0 Å². The average molecular weight is 174 g/mol. The third-order valence-corrected chi connectivity index (χ3v) is 2.05. The smallest absolute Gasteiger partial charge is 0.0564 e. The van der Waals surface area contributed by atoms with Gasteiger partial charge in [0.2, 0.25) is 0 Å². The van der Waals surface area contributed by atoms with Crippen LogP contribution in [0.4, 0.5) is 0 Å². The number of aliphatic hydroxyl groups is 1. The van der Waals surface area contributed by atoms with Crippen LogP contribution in [0.25, 0.3) is 0 Å². The van der Waals surface area contributed by atoms with E-state index in [2.05, 4.69) is 6.92 Å². The normalized spacial score (nSPS) is 20.5. The maximum atomic E-state index is 8.51. The van der Waals surface area contributed by atoms with E-state index < -0.39 is 0 Å². The highest BCUT2D eigenvalue weighted by Gasteiger charge is 2.33. The first-order chi connectivity index (χ1) is 5.77. The molecule has 1 N–H and O–H groups in total. The predicted molar refractivity (Wildman–Crippen MR) is 46.1 cm³/mol. The van der Waals surface area contributed by atoms with E-state index in [0.717, 1.165) is 39.3 Å². The molecule has 3 nitrogen and oxygen atoms in total. The van der Waals surface area contributed by atoms with Crippen molar-refractivity contribution in [3.05, 3.63) is 0 Å². The van der Waals surface area contributed by atoms with E-state index in [1.165, 1.54) is 0 Å². The molecule has 72 valence electrons. The number of hydrogen-bond donors (Lipinski definition) is 1. The Balaban J connectivity index is 1.88. The predicted octanol–water partition coefficient (Wildman–Crippen LogP) is 0.812. The molecule has 0 spiro atoms. The molecule has 0 saturated carbocycles. The number of aliphatic hydroxyl groups excluding tert-OH is 1. The Hall–Kier alpha value is -0.120. The van der Waals surface area contributed by atoms with Crippen molar-refractivity contribution in [3.8, 4) is 0 Å². The van der Waals surface area contributed by atoms with Crippen molar-refractivity contribution < 1.29 is 14.6 Å². The first-order valence-corrected chi connectivity index (χ1v) is 4.53. The maximum absolute atomic E-state index is 8.51. The van der Waals surface area contributed by atoms with E-state index >= 15 is 0 Å². The molecule has 0 aromatic carbocycles. The van der Waals surface area contributed by atoms with Crippen LogP contribution in [-0.2, 0) is 9.47 Å². The lowest BCUT2D eigenvalue weighted by Crippen LogP contribution is -2.43. The van der Waals surface area contributed by atoms with Crippen molar-refractivity contribution in [1.29, 1.82) is 0 Å². The second kappa shape index (κ2) is 4.80. The summed E-state index contributed by atoms with van der Waals surface area (Å²) < 4.78 is 10.5. The van der Waals surface area contributed by atoms with E-state index in [4.69, 9.17) is 14.6 Å². The summed E-state index contributed by atoms with van der Waals surface area (Å²) in [6.45, 7) is 5.64. The number of unbranched alkanes of at least 4 members (excludes halogenated alkanes) is 1. The minimum Gasteiger partial charge on any atom is -0.396 e. The van der Waals surface area contributed by atoms with Gasteiger partial charge in [0.15, 0.2) is 0 Å². The Morgan fingerprint density at radius 1 is 1.42 bits per heavy atom. The molecule has 1 heterocycles. The molecule has 1 aliphatic heterocycles. The summed E-state index contributed by atoms with van der Waals surface area (Å²) in [5.41, 5.74) is 0.263. The van der Waals surface area contributed by atoms with Gasteiger partial charge in [-0.3, -0.25) is 0 Å². The molecule has 0 aromatic heterocycles. The molecule has 0 atom stereocenters. The fraction of sp³-hybridized carbons (Fsp3) is 1.00. The summed E-state index contributed by atoms with van der Waals surface area (Å²) in [7, 11) is 0. The Morgan fingerprint density at radius 3 is 2.67 bits per heavy atom. The van der Waals surface area contributed by atoms with Crippen molar-refractivity contribution >= 4 is 0 Å². The van der Waals surface area contributed by atoms with Gasteiger partial charge in [0, 0.05) is 18.6 Å². The van der Waals surface area contributed by atoms with E-state index in [0.29, 0.717) is 0 Å². The lowest BCUT2D eigenvalue weighted by atomic mass is 9.90. The van der Waals surface area contributed by atoms with Crippen molar-refractivity contribution in [2.75, 3.05) is 33.0 Å². The second-order valence-corrected chi connectivity index (χ2v) is 3.79. The number of hydrogen-bond acceptors (Lipinski definition) is 3. The summed E-state index contributed by atoms with van der Waals surface area (Å²) in [6.07, 6.45) is 1.79. The average Bonchev–Trinajstić information content (AvgIpc) is 2.01. The number of ether oxygens (including phenoxy) is 2. The van der Waals surface area contributed by atoms with Crippen LogP contribution >= 0.6 is 0 Å². The van der Waals surface area contributed by atoms with Crippen LogP contribution < -0.4 is 0 Å². The molecule has 1 fully saturated rings. The zero-order chi connectivity index (χ0) is 8.86. The molecule has 1 saturated heterocycles. The van der Waals surface area contributed by atoms with Gasteiger partial charge in [-0.15, -0.1) is 0 Å². The molecule has 0 amide bonds. The van der Waals surface area contributed by atoms with Crippen LogP contribution in [0.3, 0.4) is 0 Å². The summed E-state index contributed by atoms with van der Waals surface area (Å²) in [6, 6.07) is 0. The topological polar surface area (TPSA) is 38.7 Å². The van der Waals surface area contributed by atoms with Crippen LogP contribution in [0.5, 0.6) is 0 Å². The SMILES string of the molecule is CC1(COCCCCO)COC1. The van der Waals surface area contributed by atoms with E-state index in [1.54, 1.807) is 0 Å². The summed E-state index contributed by atoms with van der Waals surface area (Å²) in [4.78, 5) is 0. The molecule has 0 unspecified atom stereocenters. The third-order valence-electron chi connectivity index (χ3n) is 2.05. The van der Waals surface area contributed by atoms with Gasteiger partial charge in [0.1, 0.15) is 0 Å².